The minimum absolute atomic E-state index is 0.0144. The van der Waals surface area contributed by atoms with Crippen molar-refractivity contribution in [2.24, 2.45) is 0 Å². The average molecular weight is 455 g/mol. The van der Waals surface area contributed by atoms with Crippen LogP contribution >= 0.6 is 0 Å². The number of ether oxygens (including phenoxy) is 3. The summed E-state index contributed by atoms with van der Waals surface area (Å²) in [5.41, 5.74) is -2.42. The molecule has 0 atom stereocenters. The van der Waals surface area contributed by atoms with E-state index in [1.165, 1.54) is 31.2 Å². The summed E-state index contributed by atoms with van der Waals surface area (Å²) >= 11 is 0. The molecule has 174 valence electrons. The van der Waals surface area contributed by atoms with Gasteiger partial charge in [-0.2, -0.15) is 13.2 Å². The number of anilines is 1. The van der Waals surface area contributed by atoms with Gasteiger partial charge in [-0.15, -0.1) is 0 Å². The number of aromatic hydroxyl groups is 1. The maximum absolute atomic E-state index is 13.2. The molecule has 1 N–H and O–H groups in total. The molecule has 0 aliphatic carbocycles. The van der Waals surface area contributed by atoms with E-state index in [9.17, 15) is 27.9 Å². The summed E-state index contributed by atoms with van der Waals surface area (Å²) in [5, 5.41) is 10.2. The number of carbonyl (C=O) groups excluding carboxylic acids is 2. The van der Waals surface area contributed by atoms with Gasteiger partial charge in [0.15, 0.2) is 0 Å². The van der Waals surface area contributed by atoms with Gasteiger partial charge < -0.3 is 19.3 Å². The molecule has 0 spiro atoms. The molecule has 0 radical (unpaired) electrons. The minimum Gasteiger partial charge on any atom is -0.506 e. The van der Waals surface area contributed by atoms with Crippen molar-refractivity contribution < 1.29 is 42.1 Å². The Hall–Kier alpha value is -3.43. The minimum atomic E-state index is -4.86. The van der Waals surface area contributed by atoms with Gasteiger partial charge in [0.25, 0.3) is 0 Å². The number of hydrogen-bond acceptors (Lipinski definition) is 6. The van der Waals surface area contributed by atoms with Gasteiger partial charge in [0.1, 0.15) is 29.3 Å². The first-order valence-corrected chi connectivity index (χ1v) is 9.44. The summed E-state index contributed by atoms with van der Waals surface area (Å²) in [5.74, 6) is -2.00. The first-order chi connectivity index (χ1) is 14.7. The number of phenols is 1. The van der Waals surface area contributed by atoms with E-state index in [1.807, 2.05) is 0 Å². The zero-order chi connectivity index (χ0) is 24.3. The van der Waals surface area contributed by atoms with Crippen LogP contribution in [0.5, 0.6) is 11.5 Å². The predicted molar refractivity (Wildman–Crippen MR) is 110 cm³/mol. The number of amides is 1. The Balaban J connectivity index is 2.32. The number of rotatable bonds is 5. The summed E-state index contributed by atoms with van der Waals surface area (Å²) in [6, 6.07) is 7.95. The average Bonchev–Trinajstić information content (AvgIpc) is 2.69. The summed E-state index contributed by atoms with van der Waals surface area (Å²) in [6.45, 7) is 4.35. The lowest BCUT2D eigenvalue weighted by Gasteiger charge is -2.22. The molecule has 7 nitrogen and oxygen atoms in total. The molecule has 0 aliphatic rings. The molecule has 0 unspecified atom stereocenters. The van der Waals surface area contributed by atoms with Gasteiger partial charge in [0.05, 0.1) is 12.7 Å². The lowest BCUT2D eigenvalue weighted by Crippen LogP contribution is -2.25. The number of methoxy groups -OCH3 is 1. The zero-order valence-electron chi connectivity index (χ0n) is 18.2. The van der Waals surface area contributed by atoms with E-state index in [0.29, 0.717) is 17.5 Å². The zero-order valence-corrected chi connectivity index (χ0v) is 18.2. The molecular formula is C22H24F3NO6. The molecule has 10 heteroatoms. The fourth-order valence-corrected chi connectivity index (χ4v) is 2.71. The van der Waals surface area contributed by atoms with E-state index in [4.69, 9.17) is 9.47 Å². The van der Waals surface area contributed by atoms with Crippen molar-refractivity contribution in [1.29, 1.82) is 0 Å². The van der Waals surface area contributed by atoms with Crippen molar-refractivity contribution in [3.63, 3.8) is 0 Å². The number of hydrogen-bond donors (Lipinski definition) is 1. The number of carbonyl (C=O) groups is 2. The molecule has 32 heavy (non-hydrogen) atoms. The van der Waals surface area contributed by atoms with Crippen molar-refractivity contribution >= 4 is 17.7 Å². The van der Waals surface area contributed by atoms with Crippen molar-refractivity contribution in [1.82, 2.24) is 0 Å². The van der Waals surface area contributed by atoms with Crippen LogP contribution in [0.15, 0.2) is 36.4 Å². The van der Waals surface area contributed by atoms with E-state index < -0.39 is 40.7 Å². The summed E-state index contributed by atoms with van der Waals surface area (Å²) < 4.78 is 55.0. The third kappa shape index (κ3) is 6.05. The quantitative estimate of drug-likeness (QED) is 0.628. The normalized spacial score (nSPS) is 11.6. The highest BCUT2D eigenvalue weighted by molar-refractivity contribution is 5.95. The lowest BCUT2D eigenvalue weighted by molar-refractivity contribution is -0.138. The monoisotopic (exact) mass is 455 g/mol. The van der Waals surface area contributed by atoms with Gasteiger partial charge in [0, 0.05) is 18.3 Å². The molecule has 0 fully saturated rings. The molecule has 2 aromatic carbocycles. The second-order valence-corrected chi connectivity index (χ2v) is 7.81. The number of nitrogens with zero attached hydrogens (tertiary/aromatic N) is 1. The Morgan fingerprint density at radius 2 is 1.62 bits per heavy atom. The van der Waals surface area contributed by atoms with E-state index >= 15 is 0 Å². The second-order valence-electron chi connectivity index (χ2n) is 7.81. The van der Waals surface area contributed by atoms with Crippen LogP contribution in [0.25, 0.3) is 0 Å². The Morgan fingerprint density at radius 1 is 1.03 bits per heavy atom. The third-order valence-electron chi connectivity index (χ3n) is 4.24. The molecule has 0 heterocycles. The standard InChI is InChI=1S/C22H24F3NO6/c1-21(2,3)32-19(28)17-13(6-11-16(18(17)27)22(23,24)25)12-31-15-9-7-14(8-10-15)26(4)20(29)30-5/h6-11,27H,12H2,1-5H3. The Labute approximate surface area is 183 Å². The van der Waals surface area contributed by atoms with Crippen molar-refractivity contribution in [2.75, 3.05) is 19.1 Å². The highest BCUT2D eigenvalue weighted by Crippen LogP contribution is 2.39. The van der Waals surface area contributed by atoms with Crippen LogP contribution in [0.3, 0.4) is 0 Å². The van der Waals surface area contributed by atoms with E-state index in [-0.39, 0.29) is 12.2 Å². The SMILES string of the molecule is COC(=O)N(C)c1ccc(OCc2ccc(C(F)(F)F)c(O)c2C(=O)OC(C)(C)C)cc1. The number of phenolic OH excluding ortho intramolecular Hbond substituents is 1. The van der Waals surface area contributed by atoms with Crippen molar-refractivity contribution in [3.8, 4) is 11.5 Å². The molecular weight excluding hydrogens is 431 g/mol. The first-order valence-electron chi connectivity index (χ1n) is 9.44. The molecule has 0 aromatic heterocycles. The van der Waals surface area contributed by atoms with Gasteiger partial charge in [0.2, 0.25) is 0 Å². The van der Waals surface area contributed by atoms with Crippen LogP contribution in [-0.4, -0.2) is 36.9 Å². The number of benzene rings is 2. The van der Waals surface area contributed by atoms with Gasteiger partial charge in [-0.3, -0.25) is 4.90 Å². The largest absolute Gasteiger partial charge is 0.506 e. The van der Waals surface area contributed by atoms with Gasteiger partial charge in [-0.05, 0) is 51.1 Å². The fourth-order valence-electron chi connectivity index (χ4n) is 2.71. The Morgan fingerprint density at radius 3 is 2.12 bits per heavy atom. The predicted octanol–water partition coefficient (Wildman–Crippen LogP) is 5.15. The van der Waals surface area contributed by atoms with Crippen LogP contribution in [0.2, 0.25) is 0 Å². The summed E-state index contributed by atoms with van der Waals surface area (Å²) in [4.78, 5) is 25.4. The molecule has 2 rings (SSSR count). The van der Waals surface area contributed by atoms with Gasteiger partial charge in [-0.25, -0.2) is 9.59 Å². The third-order valence-corrected chi connectivity index (χ3v) is 4.24. The first kappa shape index (κ1) is 24.8. The lowest BCUT2D eigenvalue weighted by atomic mass is 10.0. The molecule has 0 aliphatic heterocycles. The van der Waals surface area contributed by atoms with E-state index in [2.05, 4.69) is 4.74 Å². The fraction of sp³-hybridized carbons (Fsp3) is 0.364. The number of esters is 1. The Kier molecular flexibility index (Phi) is 7.27. The summed E-state index contributed by atoms with van der Waals surface area (Å²) in [6.07, 6.45) is -5.43. The van der Waals surface area contributed by atoms with Crippen molar-refractivity contribution in [3.05, 3.63) is 53.1 Å². The van der Waals surface area contributed by atoms with Crippen molar-refractivity contribution in [2.45, 2.75) is 39.2 Å². The molecule has 0 saturated carbocycles. The van der Waals surface area contributed by atoms with Crippen LogP contribution < -0.4 is 9.64 Å². The van der Waals surface area contributed by atoms with Gasteiger partial charge in [-0.1, -0.05) is 6.07 Å². The van der Waals surface area contributed by atoms with Gasteiger partial charge >= 0.3 is 18.2 Å². The highest BCUT2D eigenvalue weighted by atomic mass is 19.4. The van der Waals surface area contributed by atoms with E-state index in [0.717, 1.165) is 6.07 Å². The van der Waals surface area contributed by atoms with Crippen LogP contribution in [0.1, 0.15) is 42.3 Å². The van der Waals surface area contributed by atoms with E-state index in [1.54, 1.807) is 32.9 Å². The maximum Gasteiger partial charge on any atom is 0.419 e. The molecule has 0 saturated heterocycles. The van der Waals surface area contributed by atoms with Crippen LogP contribution in [-0.2, 0) is 22.3 Å². The number of halogens is 3. The molecule has 1 amide bonds. The highest BCUT2D eigenvalue weighted by Gasteiger charge is 2.37. The number of alkyl halides is 3. The van der Waals surface area contributed by atoms with Crippen LogP contribution in [0, 0.1) is 0 Å². The molecule has 0 bridgehead atoms. The second kappa shape index (κ2) is 9.37. The topological polar surface area (TPSA) is 85.3 Å². The smallest absolute Gasteiger partial charge is 0.419 e. The molecule has 2 aromatic rings. The van der Waals surface area contributed by atoms with Crippen LogP contribution in [0.4, 0.5) is 23.7 Å². The maximum atomic E-state index is 13.2. The summed E-state index contributed by atoms with van der Waals surface area (Å²) in [7, 11) is 2.76. The Bertz CT molecular complexity index is 981.